The van der Waals surface area contributed by atoms with E-state index in [1.54, 1.807) is 13.8 Å². The second kappa shape index (κ2) is 6.96. The average molecular weight is 304 g/mol. The highest BCUT2D eigenvalue weighted by atomic mass is 19.2. The van der Waals surface area contributed by atoms with Gasteiger partial charge in [-0.15, -0.1) is 0 Å². The van der Waals surface area contributed by atoms with Gasteiger partial charge in [0.15, 0.2) is 11.6 Å². The Balaban J connectivity index is 2.68. The highest BCUT2D eigenvalue weighted by Gasteiger charge is 2.22. The number of hydrogen-bond donors (Lipinski definition) is 3. The number of amides is 2. The summed E-state index contributed by atoms with van der Waals surface area (Å²) in [6, 6.07) is 0.0121. The first-order valence-electron chi connectivity index (χ1n) is 6.14. The number of urea groups is 1. The van der Waals surface area contributed by atoms with Crippen molar-refractivity contribution in [3.8, 4) is 0 Å². The topological polar surface area (TPSA) is 78.4 Å². The molecule has 0 saturated heterocycles. The molecule has 0 saturated carbocycles. The molecular formula is C13H15F3N2O3. The van der Waals surface area contributed by atoms with Gasteiger partial charge in [-0.2, -0.15) is 0 Å². The van der Waals surface area contributed by atoms with Crippen molar-refractivity contribution in [3.05, 3.63) is 29.6 Å². The number of carbonyl (C=O) groups excluding carboxylic acids is 1. The Hall–Kier alpha value is -2.25. The first-order valence-corrected chi connectivity index (χ1v) is 6.14. The Morgan fingerprint density at radius 2 is 1.86 bits per heavy atom. The van der Waals surface area contributed by atoms with Gasteiger partial charge in [0, 0.05) is 18.7 Å². The number of benzene rings is 1. The van der Waals surface area contributed by atoms with Crippen LogP contribution in [0.4, 0.5) is 23.7 Å². The maximum atomic E-state index is 13.3. The number of halogens is 3. The van der Waals surface area contributed by atoms with Gasteiger partial charge in [0.1, 0.15) is 5.82 Å². The highest BCUT2D eigenvalue weighted by Crippen LogP contribution is 2.19. The van der Waals surface area contributed by atoms with Gasteiger partial charge in [-0.1, -0.05) is 13.8 Å². The molecule has 1 aromatic rings. The fourth-order valence-electron chi connectivity index (χ4n) is 1.62. The zero-order valence-electron chi connectivity index (χ0n) is 11.4. The van der Waals surface area contributed by atoms with E-state index in [9.17, 15) is 22.8 Å². The van der Waals surface area contributed by atoms with E-state index in [1.165, 1.54) is 0 Å². The van der Waals surface area contributed by atoms with E-state index < -0.39 is 41.1 Å². The molecule has 0 bridgehead atoms. The summed E-state index contributed by atoms with van der Waals surface area (Å²) >= 11 is 0. The molecule has 0 fully saturated rings. The average Bonchev–Trinajstić information content (AvgIpc) is 2.34. The van der Waals surface area contributed by atoms with Crippen LogP contribution in [-0.2, 0) is 4.79 Å². The number of rotatable bonds is 5. The lowest BCUT2D eigenvalue weighted by Crippen LogP contribution is -2.38. The lowest BCUT2D eigenvalue weighted by Gasteiger charge is -2.17. The van der Waals surface area contributed by atoms with Crippen LogP contribution in [0.5, 0.6) is 0 Å². The Morgan fingerprint density at radius 1 is 1.24 bits per heavy atom. The predicted molar refractivity (Wildman–Crippen MR) is 69.3 cm³/mol. The summed E-state index contributed by atoms with van der Waals surface area (Å²) in [7, 11) is 0. The lowest BCUT2D eigenvalue weighted by molar-refractivity contribution is -0.142. The fourth-order valence-corrected chi connectivity index (χ4v) is 1.62. The van der Waals surface area contributed by atoms with E-state index >= 15 is 0 Å². The maximum Gasteiger partial charge on any atom is 0.319 e. The number of hydrogen-bond acceptors (Lipinski definition) is 2. The first-order chi connectivity index (χ1) is 9.72. The Morgan fingerprint density at radius 3 is 2.38 bits per heavy atom. The van der Waals surface area contributed by atoms with Crippen molar-refractivity contribution in [1.82, 2.24) is 5.32 Å². The minimum absolute atomic E-state index is 0.196. The van der Waals surface area contributed by atoms with E-state index in [2.05, 4.69) is 5.32 Å². The van der Waals surface area contributed by atoms with Gasteiger partial charge in [0.25, 0.3) is 0 Å². The molecule has 0 spiro atoms. The molecule has 21 heavy (non-hydrogen) atoms. The normalized spacial score (nSPS) is 12.1. The molecule has 1 atom stereocenters. The number of anilines is 1. The van der Waals surface area contributed by atoms with Gasteiger partial charge in [-0.3, -0.25) is 4.79 Å². The third-order valence-corrected chi connectivity index (χ3v) is 2.85. The summed E-state index contributed by atoms with van der Waals surface area (Å²) in [5.41, 5.74) is -0.665. The van der Waals surface area contributed by atoms with Crippen LogP contribution in [0.15, 0.2) is 12.1 Å². The molecule has 0 aliphatic heterocycles. The third-order valence-electron chi connectivity index (χ3n) is 2.85. The van der Waals surface area contributed by atoms with Crippen LogP contribution in [0.2, 0.25) is 0 Å². The highest BCUT2D eigenvalue weighted by molar-refractivity contribution is 5.89. The van der Waals surface area contributed by atoms with Gasteiger partial charge in [0.2, 0.25) is 0 Å². The van der Waals surface area contributed by atoms with Crippen molar-refractivity contribution in [2.45, 2.75) is 13.8 Å². The number of carbonyl (C=O) groups is 2. The Labute approximate surface area is 119 Å². The number of nitrogens with one attached hydrogen (secondary N) is 2. The molecule has 2 amide bonds. The van der Waals surface area contributed by atoms with Gasteiger partial charge >= 0.3 is 12.0 Å². The van der Waals surface area contributed by atoms with Crippen LogP contribution in [0, 0.1) is 29.3 Å². The number of carboxylic acids is 1. The summed E-state index contributed by atoms with van der Waals surface area (Å²) in [6.07, 6.45) is 0. The Kier molecular flexibility index (Phi) is 5.57. The minimum atomic E-state index is -1.43. The molecule has 3 N–H and O–H groups in total. The summed E-state index contributed by atoms with van der Waals surface area (Å²) in [5.74, 6) is -6.03. The lowest BCUT2D eigenvalue weighted by atomic mass is 9.96. The molecule has 1 unspecified atom stereocenters. The van der Waals surface area contributed by atoms with Crippen molar-refractivity contribution in [3.63, 3.8) is 0 Å². The summed E-state index contributed by atoms with van der Waals surface area (Å²) < 4.78 is 39.2. The SMILES string of the molecule is CC(C)C(CNC(=O)Nc1cc(F)cc(F)c1F)C(=O)O. The largest absolute Gasteiger partial charge is 0.481 e. The number of aliphatic carboxylic acids is 1. The van der Waals surface area contributed by atoms with Crippen molar-refractivity contribution in [2.24, 2.45) is 11.8 Å². The summed E-state index contributed by atoms with van der Waals surface area (Å²) in [4.78, 5) is 22.4. The van der Waals surface area contributed by atoms with Gasteiger partial charge in [-0.05, 0) is 5.92 Å². The number of carboxylic acid groups (broad SMARTS) is 1. The molecule has 5 nitrogen and oxygen atoms in total. The van der Waals surface area contributed by atoms with Crippen LogP contribution >= 0.6 is 0 Å². The monoisotopic (exact) mass is 304 g/mol. The molecule has 1 rings (SSSR count). The molecule has 116 valence electrons. The molecule has 0 aliphatic carbocycles. The second-order valence-electron chi connectivity index (χ2n) is 4.77. The standard InChI is InChI=1S/C13H15F3N2O3/c1-6(2)8(12(19)20)5-17-13(21)18-10-4-7(14)3-9(15)11(10)16/h3-4,6,8H,5H2,1-2H3,(H,19,20)(H2,17,18,21). The van der Waals surface area contributed by atoms with Crippen molar-refractivity contribution >= 4 is 17.7 Å². The van der Waals surface area contributed by atoms with Crippen LogP contribution in [0.25, 0.3) is 0 Å². The van der Waals surface area contributed by atoms with E-state index in [-0.39, 0.29) is 12.5 Å². The Bertz CT molecular complexity index is 550. The van der Waals surface area contributed by atoms with Crippen molar-refractivity contribution < 1.29 is 27.9 Å². The summed E-state index contributed by atoms with van der Waals surface area (Å²) in [5, 5.41) is 13.1. The first kappa shape index (κ1) is 16.8. The molecule has 0 radical (unpaired) electrons. The fraction of sp³-hybridized carbons (Fsp3) is 0.385. The quantitative estimate of drug-likeness (QED) is 0.732. The summed E-state index contributed by atoms with van der Waals surface area (Å²) in [6.45, 7) is 3.14. The van der Waals surface area contributed by atoms with E-state index in [1.807, 2.05) is 5.32 Å². The maximum absolute atomic E-state index is 13.3. The van der Waals surface area contributed by atoms with Crippen molar-refractivity contribution in [2.75, 3.05) is 11.9 Å². The van der Waals surface area contributed by atoms with Crippen LogP contribution in [-0.4, -0.2) is 23.7 Å². The molecule has 0 aromatic heterocycles. The third kappa shape index (κ3) is 4.66. The zero-order chi connectivity index (χ0) is 16.2. The smallest absolute Gasteiger partial charge is 0.319 e. The van der Waals surface area contributed by atoms with Crippen LogP contribution < -0.4 is 10.6 Å². The van der Waals surface area contributed by atoms with Crippen LogP contribution in [0.3, 0.4) is 0 Å². The van der Waals surface area contributed by atoms with E-state index in [4.69, 9.17) is 5.11 Å². The van der Waals surface area contributed by atoms with Crippen LogP contribution in [0.1, 0.15) is 13.8 Å². The van der Waals surface area contributed by atoms with E-state index in [0.29, 0.717) is 12.1 Å². The van der Waals surface area contributed by atoms with Gasteiger partial charge in [0.05, 0.1) is 11.6 Å². The van der Waals surface area contributed by atoms with Gasteiger partial charge in [-0.25, -0.2) is 18.0 Å². The predicted octanol–water partition coefficient (Wildman–Crippen LogP) is 2.58. The van der Waals surface area contributed by atoms with Gasteiger partial charge < -0.3 is 15.7 Å². The second-order valence-corrected chi connectivity index (χ2v) is 4.77. The molecule has 1 aromatic carbocycles. The minimum Gasteiger partial charge on any atom is -0.481 e. The zero-order valence-corrected chi connectivity index (χ0v) is 11.4. The van der Waals surface area contributed by atoms with E-state index in [0.717, 1.165) is 0 Å². The molecule has 8 heteroatoms. The molecular weight excluding hydrogens is 289 g/mol. The van der Waals surface area contributed by atoms with Crippen molar-refractivity contribution in [1.29, 1.82) is 0 Å². The molecule has 0 aliphatic rings. The molecule has 0 heterocycles.